The number of carbonyl (C=O) groups excluding carboxylic acids is 1. The predicted molar refractivity (Wildman–Crippen MR) is 62.2 cm³/mol. The van der Waals surface area contributed by atoms with E-state index < -0.39 is 0 Å². The summed E-state index contributed by atoms with van der Waals surface area (Å²) in [5, 5.41) is 3.15. The number of esters is 1. The number of fused-ring (bicyclic) bond motifs is 1. The number of carbonyl (C=O) groups is 1. The third-order valence-corrected chi connectivity index (χ3v) is 2.59. The van der Waals surface area contributed by atoms with Crippen LogP contribution in [0.4, 0.5) is 5.69 Å². The number of anilines is 1. The average molecular weight is 237 g/mol. The standard InChI is InChI=1S/C12H15NO4/c1-8(12(14)15-2)6-13-9-3-4-10-11(5-9)17-7-16-10/h3-5,8,13H,6-7H2,1-2H3. The van der Waals surface area contributed by atoms with Crippen molar-refractivity contribution < 1.29 is 19.0 Å². The fraction of sp³-hybridized carbons (Fsp3) is 0.417. The molecule has 92 valence electrons. The molecule has 0 saturated carbocycles. The van der Waals surface area contributed by atoms with Gasteiger partial charge < -0.3 is 19.5 Å². The van der Waals surface area contributed by atoms with E-state index in [0.717, 1.165) is 17.2 Å². The summed E-state index contributed by atoms with van der Waals surface area (Å²) in [7, 11) is 1.39. The van der Waals surface area contributed by atoms with Crippen LogP contribution in [0.3, 0.4) is 0 Å². The van der Waals surface area contributed by atoms with E-state index in [-0.39, 0.29) is 18.7 Å². The van der Waals surface area contributed by atoms with E-state index in [4.69, 9.17) is 9.47 Å². The van der Waals surface area contributed by atoms with E-state index >= 15 is 0 Å². The van der Waals surface area contributed by atoms with Crippen molar-refractivity contribution in [1.82, 2.24) is 0 Å². The van der Waals surface area contributed by atoms with Crippen LogP contribution in [0.25, 0.3) is 0 Å². The molecule has 1 aromatic carbocycles. The van der Waals surface area contributed by atoms with Crippen LogP contribution >= 0.6 is 0 Å². The molecular formula is C12H15NO4. The quantitative estimate of drug-likeness (QED) is 0.807. The molecule has 0 bridgehead atoms. The summed E-state index contributed by atoms with van der Waals surface area (Å²) >= 11 is 0. The van der Waals surface area contributed by atoms with Crippen molar-refractivity contribution in [1.29, 1.82) is 0 Å². The number of hydrogen-bond donors (Lipinski definition) is 1. The summed E-state index contributed by atoms with van der Waals surface area (Å²) in [6, 6.07) is 5.58. The van der Waals surface area contributed by atoms with Crippen LogP contribution in [-0.4, -0.2) is 26.4 Å². The van der Waals surface area contributed by atoms with Gasteiger partial charge in [-0.05, 0) is 12.1 Å². The van der Waals surface area contributed by atoms with Gasteiger partial charge in [-0.25, -0.2) is 0 Å². The van der Waals surface area contributed by atoms with Gasteiger partial charge in [0.05, 0.1) is 13.0 Å². The number of nitrogens with one attached hydrogen (secondary N) is 1. The summed E-state index contributed by atoms with van der Waals surface area (Å²) in [5.41, 5.74) is 0.894. The Morgan fingerprint density at radius 3 is 3.00 bits per heavy atom. The Bertz CT molecular complexity index is 419. The van der Waals surface area contributed by atoms with Gasteiger partial charge in [-0.1, -0.05) is 6.92 Å². The van der Waals surface area contributed by atoms with Gasteiger partial charge in [0.2, 0.25) is 6.79 Å². The molecule has 1 heterocycles. The van der Waals surface area contributed by atoms with Crippen molar-refractivity contribution in [3.63, 3.8) is 0 Å². The third kappa shape index (κ3) is 2.61. The predicted octanol–water partition coefficient (Wildman–Crippen LogP) is 1.64. The third-order valence-electron chi connectivity index (χ3n) is 2.59. The van der Waals surface area contributed by atoms with Crippen LogP contribution < -0.4 is 14.8 Å². The maximum Gasteiger partial charge on any atom is 0.310 e. The Hall–Kier alpha value is -1.91. The van der Waals surface area contributed by atoms with Gasteiger partial charge >= 0.3 is 5.97 Å². The molecule has 0 aromatic heterocycles. The van der Waals surface area contributed by atoms with Crippen LogP contribution in [0.15, 0.2) is 18.2 Å². The molecule has 1 aromatic rings. The SMILES string of the molecule is COC(=O)C(C)CNc1ccc2c(c1)OCO2. The van der Waals surface area contributed by atoms with Crippen molar-refractivity contribution in [3.8, 4) is 11.5 Å². The van der Waals surface area contributed by atoms with E-state index in [0.29, 0.717) is 6.54 Å². The summed E-state index contributed by atoms with van der Waals surface area (Å²) in [5.74, 6) is 1.06. The number of hydrogen-bond acceptors (Lipinski definition) is 5. The first-order valence-electron chi connectivity index (χ1n) is 5.42. The highest BCUT2D eigenvalue weighted by atomic mass is 16.7. The molecule has 0 spiro atoms. The molecule has 0 amide bonds. The minimum atomic E-state index is -0.224. The Kier molecular flexibility index (Phi) is 3.37. The minimum Gasteiger partial charge on any atom is -0.469 e. The molecule has 1 aliphatic rings. The van der Waals surface area contributed by atoms with Gasteiger partial charge in [0.25, 0.3) is 0 Å². The van der Waals surface area contributed by atoms with Crippen molar-refractivity contribution in [2.45, 2.75) is 6.92 Å². The van der Waals surface area contributed by atoms with E-state index in [1.807, 2.05) is 25.1 Å². The fourth-order valence-electron chi connectivity index (χ4n) is 1.56. The van der Waals surface area contributed by atoms with E-state index in [1.165, 1.54) is 7.11 Å². The topological polar surface area (TPSA) is 56.8 Å². The van der Waals surface area contributed by atoms with Gasteiger partial charge in [-0.3, -0.25) is 4.79 Å². The first-order chi connectivity index (χ1) is 8.20. The molecular weight excluding hydrogens is 222 g/mol. The summed E-state index contributed by atoms with van der Waals surface area (Å²) in [6.45, 7) is 2.59. The van der Waals surface area contributed by atoms with Crippen molar-refractivity contribution in [3.05, 3.63) is 18.2 Å². The lowest BCUT2D eigenvalue weighted by Crippen LogP contribution is -2.21. The second kappa shape index (κ2) is 4.95. The smallest absolute Gasteiger partial charge is 0.310 e. The van der Waals surface area contributed by atoms with E-state index in [2.05, 4.69) is 10.1 Å². The maximum absolute atomic E-state index is 11.2. The molecule has 1 N–H and O–H groups in total. The molecule has 2 rings (SSSR count). The lowest BCUT2D eigenvalue weighted by molar-refractivity contribution is -0.144. The Labute approximate surface area is 99.7 Å². The number of rotatable bonds is 4. The Morgan fingerprint density at radius 2 is 2.24 bits per heavy atom. The van der Waals surface area contributed by atoms with Gasteiger partial charge in [0.1, 0.15) is 0 Å². The van der Waals surface area contributed by atoms with Crippen molar-refractivity contribution in [2.75, 3.05) is 25.8 Å². The van der Waals surface area contributed by atoms with Crippen LogP contribution in [0.1, 0.15) is 6.92 Å². The Morgan fingerprint density at radius 1 is 1.47 bits per heavy atom. The molecule has 5 nitrogen and oxygen atoms in total. The number of methoxy groups -OCH3 is 1. The summed E-state index contributed by atoms with van der Waals surface area (Å²) in [6.07, 6.45) is 0. The van der Waals surface area contributed by atoms with Crippen LogP contribution in [0.2, 0.25) is 0 Å². The first kappa shape index (κ1) is 11.6. The normalized spacial score (nSPS) is 14.2. The molecule has 0 saturated heterocycles. The molecule has 1 atom stereocenters. The fourth-order valence-corrected chi connectivity index (χ4v) is 1.56. The largest absolute Gasteiger partial charge is 0.469 e. The lowest BCUT2D eigenvalue weighted by atomic mass is 10.2. The second-order valence-corrected chi connectivity index (χ2v) is 3.87. The van der Waals surface area contributed by atoms with E-state index in [1.54, 1.807) is 0 Å². The van der Waals surface area contributed by atoms with Gasteiger partial charge in [0, 0.05) is 18.3 Å². The highest BCUT2D eigenvalue weighted by Crippen LogP contribution is 2.34. The van der Waals surface area contributed by atoms with Crippen LogP contribution in [0.5, 0.6) is 11.5 Å². The molecule has 1 unspecified atom stereocenters. The summed E-state index contributed by atoms with van der Waals surface area (Å²) in [4.78, 5) is 11.2. The second-order valence-electron chi connectivity index (χ2n) is 3.87. The number of benzene rings is 1. The Balaban J connectivity index is 1.93. The highest BCUT2D eigenvalue weighted by Gasteiger charge is 2.15. The van der Waals surface area contributed by atoms with E-state index in [9.17, 15) is 4.79 Å². The maximum atomic E-state index is 11.2. The summed E-state index contributed by atoms with van der Waals surface area (Å²) < 4.78 is 15.1. The zero-order valence-electron chi connectivity index (χ0n) is 9.86. The zero-order chi connectivity index (χ0) is 12.3. The molecule has 1 aliphatic heterocycles. The number of ether oxygens (including phenoxy) is 3. The van der Waals surface area contributed by atoms with Crippen LogP contribution in [0, 0.1) is 5.92 Å². The first-order valence-corrected chi connectivity index (χ1v) is 5.42. The van der Waals surface area contributed by atoms with Gasteiger partial charge in [-0.2, -0.15) is 0 Å². The molecule has 17 heavy (non-hydrogen) atoms. The zero-order valence-corrected chi connectivity index (χ0v) is 9.86. The average Bonchev–Trinajstić information content (AvgIpc) is 2.82. The molecule has 0 aliphatic carbocycles. The van der Waals surface area contributed by atoms with Crippen LogP contribution in [-0.2, 0) is 9.53 Å². The van der Waals surface area contributed by atoms with Gasteiger partial charge in [0.15, 0.2) is 11.5 Å². The monoisotopic (exact) mass is 237 g/mol. The highest BCUT2D eigenvalue weighted by molar-refractivity contribution is 5.72. The van der Waals surface area contributed by atoms with Crippen molar-refractivity contribution in [2.24, 2.45) is 5.92 Å². The minimum absolute atomic E-state index is 0.189. The molecule has 5 heteroatoms. The lowest BCUT2D eigenvalue weighted by Gasteiger charge is -2.11. The van der Waals surface area contributed by atoms with Gasteiger partial charge in [-0.15, -0.1) is 0 Å². The molecule has 0 fully saturated rings. The van der Waals surface area contributed by atoms with Crippen molar-refractivity contribution >= 4 is 11.7 Å². The molecule has 0 radical (unpaired) electrons.